The fourth-order valence-corrected chi connectivity index (χ4v) is 2.79. The summed E-state index contributed by atoms with van der Waals surface area (Å²) in [7, 11) is 1.89. The maximum absolute atomic E-state index is 12.4. The molecule has 0 saturated carbocycles. The molecule has 1 amide bonds. The monoisotopic (exact) mass is 324 g/mol. The number of amides is 1. The van der Waals surface area contributed by atoms with E-state index in [1.54, 1.807) is 0 Å². The number of carbonyl (C=O) groups is 1. The molecule has 0 N–H and O–H groups in total. The van der Waals surface area contributed by atoms with Gasteiger partial charge in [-0.05, 0) is 50.6 Å². The maximum atomic E-state index is 12.4. The molecule has 2 rings (SSSR count). The number of rotatable bonds is 4. The van der Waals surface area contributed by atoms with E-state index in [-0.39, 0.29) is 5.91 Å². The van der Waals surface area contributed by atoms with Gasteiger partial charge < -0.3 is 9.80 Å². The van der Waals surface area contributed by atoms with E-state index in [4.69, 9.17) is 0 Å². The van der Waals surface area contributed by atoms with Crippen molar-refractivity contribution in [1.82, 2.24) is 9.80 Å². The highest BCUT2D eigenvalue weighted by atomic mass is 79.9. The summed E-state index contributed by atoms with van der Waals surface area (Å²) < 4.78 is 0.953. The van der Waals surface area contributed by atoms with Crippen LogP contribution >= 0.6 is 15.9 Å². The van der Waals surface area contributed by atoms with Crippen molar-refractivity contribution in [3.63, 3.8) is 0 Å². The van der Waals surface area contributed by atoms with E-state index in [0.29, 0.717) is 0 Å². The van der Waals surface area contributed by atoms with Crippen molar-refractivity contribution in [3.8, 4) is 0 Å². The Balaban J connectivity index is 1.95. The highest BCUT2D eigenvalue weighted by molar-refractivity contribution is 9.10. The maximum Gasteiger partial charge on any atom is 0.253 e. The predicted molar refractivity (Wildman–Crippen MR) is 81.5 cm³/mol. The quantitative estimate of drug-likeness (QED) is 0.850. The van der Waals surface area contributed by atoms with E-state index >= 15 is 0 Å². The highest BCUT2D eigenvalue weighted by Crippen LogP contribution is 2.17. The van der Waals surface area contributed by atoms with E-state index in [2.05, 4.69) is 20.8 Å². The van der Waals surface area contributed by atoms with Crippen molar-refractivity contribution >= 4 is 21.8 Å². The number of likely N-dealkylation sites (tertiary alicyclic amines) is 1. The van der Waals surface area contributed by atoms with Crippen LogP contribution in [0.2, 0.25) is 0 Å². The second-order valence-corrected chi connectivity index (χ2v) is 6.15. The average molecular weight is 325 g/mol. The second kappa shape index (κ2) is 6.53. The molecule has 1 aromatic carbocycles. The molecule has 0 radical (unpaired) electrons. The molecule has 1 heterocycles. The Labute approximate surface area is 123 Å². The van der Waals surface area contributed by atoms with Crippen LogP contribution in [0.1, 0.15) is 28.8 Å². The molecule has 0 unspecified atom stereocenters. The number of halogens is 1. The summed E-state index contributed by atoms with van der Waals surface area (Å²) in [5.41, 5.74) is 1.82. The zero-order valence-electron chi connectivity index (χ0n) is 11.7. The summed E-state index contributed by atoms with van der Waals surface area (Å²) in [6, 6.07) is 5.85. The molecule has 4 heteroatoms. The first-order valence-electron chi connectivity index (χ1n) is 6.82. The summed E-state index contributed by atoms with van der Waals surface area (Å²) in [4.78, 5) is 16.7. The molecular weight excluding hydrogens is 304 g/mol. The van der Waals surface area contributed by atoms with Gasteiger partial charge in [-0.15, -0.1) is 0 Å². The SMILES string of the molecule is Cc1ccc(Br)cc1C(=O)N(C)CCN1CCCC1. The van der Waals surface area contributed by atoms with E-state index < -0.39 is 0 Å². The molecule has 1 aliphatic rings. The molecule has 1 fully saturated rings. The van der Waals surface area contributed by atoms with Crippen LogP contribution in [0.25, 0.3) is 0 Å². The molecule has 0 aromatic heterocycles. The van der Waals surface area contributed by atoms with Crippen molar-refractivity contribution in [3.05, 3.63) is 33.8 Å². The Bertz CT molecular complexity index is 455. The number of likely N-dealkylation sites (N-methyl/N-ethyl adjacent to an activating group) is 1. The molecule has 19 heavy (non-hydrogen) atoms. The Kier molecular flexibility index (Phi) is 4.99. The number of hydrogen-bond acceptors (Lipinski definition) is 2. The van der Waals surface area contributed by atoms with Gasteiger partial charge in [-0.1, -0.05) is 22.0 Å². The fourth-order valence-electron chi connectivity index (χ4n) is 2.43. The van der Waals surface area contributed by atoms with Crippen molar-refractivity contribution in [1.29, 1.82) is 0 Å². The fraction of sp³-hybridized carbons (Fsp3) is 0.533. The molecule has 1 aromatic rings. The molecule has 1 saturated heterocycles. The topological polar surface area (TPSA) is 23.6 Å². The first-order valence-corrected chi connectivity index (χ1v) is 7.61. The average Bonchev–Trinajstić information content (AvgIpc) is 2.91. The molecule has 0 aliphatic carbocycles. The van der Waals surface area contributed by atoms with Crippen LogP contribution in [0.5, 0.6) is 0 Å². The second-order valence-electron chi connectivity index (χ2n) is 5.23. The number of aryl methyl sites for hydroxylation is 1. The van der Waals surface area contributed by atoms with E-state index in [0.717, 1.165) is 28.7 Å². The third kappa shape index (κ3) is 3.80. The van der Waals surface area contributed by atoms with Gasteiger partial charge in [0.25, 0.3) is 5.91 Å². The third-order valence-electron chi connectivity index (χ3n) is 3.73. The van der Waals surface area contributed by atoms with Crippen LogP contribution < -0.4 is 0 Å². The van der Waals surface area contributed by atoms with Crippen LogP contribution in [0, 0.1) is 6.92 Å². The highest BCUT2D eigenvalue weighted by Gasteiger charge is 2.17. The van der Waals surface area contributed by atoms with Crippen LogP contribution in [-0.4, -0.2) is 48.9 Å². The van der Waals surface area contributed by atoms with Gasteiger partial charge in [0.15, 0.2) is 0 Å². The van der Waals surface area contributed by atoms with E-state index in [1.807, 2.05) is 37.1 Å². The van der Waals surface area contributed by atoms with Gasteiger partial charge in [0.05, 0.1) is 0 Å². The molecule has 0 spiro atoms. The van der Waals surface area contributed by atoms with Gasteiger partial charge >= 0.3 is 0 Å². The Hall–Kier alpha value is -0.870. The summed E-state index contributed by atoms with van der Waals surface area (Å²) in [6.45, 7) is 6.12. The van der Waals surface area contributed by atoms with Gasteiger partial charge in [0.2, 0.25) is 0 Å². The van der Waals surface area contributed by atoms with Crippen LogP contribution in [-0.2, 0) is 0 Å². The number of nitrogens with zero attached hydrogens (tertiary/aromatic N) is 2. The van der Waals surface area contributed by atoms with Crippen LogP contribution in [0.4, 0.5) is 0 Å². The zero-order valence-corrected chi connectivity index (χ0v) is 13.2. The largest absolute Gasteiger partial charge is 0.340 e. The Morgan fingerprint density at radius 1 is 1.37 bits per heavy atom. The molecule has 1 aliphatic heterocycles. The Morgan fingerprint density at radius 3 is 2.74 bits per heavy atom. The van der Waals surface area contributed by atoms with Crippen molar-refractivity contribution < 1.29 is 4.79 Å². The lowest BCUT2D eigenvalue weighted by molar-refractivity contribution is 0.0781. The minimum absolute atomic E-state index is 0.109. The van der Waals surface area contributed by atoms with E-state index in [9.17, 15) is 4.79 Å². The number of benzene rings is 1. The van der Waals surface area contributed by atoms with Gasteiger partial charge in [-0.2, -0.15) is 0 Å². The first-order chi connectivity index (χ1) is 9.08. The molecule has 3 nitrogen and oxygen atoms in total. The van der Waals surface area contributed by atoms with Crippen LogP contribution in [0.3, 0.4) is 0 Å². The summed E-state index contributed by atoms with van der Waals surface area (Å²) in [6.07, 6.45) is 2.59. The van der Waals surface area contributed by atoms with Crippen molar-refractivity contribution in [2.45, 2.75) is 19.8 Å². The van der Waals surface area contributed by atoms with Crippen molar-refractivity contribution in [2.24, 2.45) is 0 Å². The standard InChI is InChI=1S/C15H21BrN2O/c1-12-5-6-13(16)11-14(12)15(19)17(2)9-10-18-7-3-4-8-18/h5-6,11H,3-4,7-10H2,1-2H3. The summed E-state index contributed by atoms with van der Waals surface area (Å²) in [5, 5.41) is 0. The summed E-state index contributed by atoms with van der Waals surface area (Å²) in [5.74, 6) is 0.109. The van der Waals surface area contributed by atoms with Gasteiger partial charge in [-0.3, -0.25) is 4.79 Å². The minimum Gasteiger partial charge on any atom is -0.340 e. The summed E-state index contributed by atoms with van der Waals surface area (Å²) >= 11 is 3.43. The van der Waals surface area contributed by atoms with Gasteiger partial charge in [-0.25, -0.2) is 0 Å². The normalized spacial score (nSPS) is 15.7. The van der Waals surface area contributed by atoms with E-state index in [1.165, 1.54) is 25.9 Å². The smallest absolute Gasteiger partial charge is 0.253 e. The van der Waals surface area contributed by atoms with Crippen molar-refractivity contribution in [2.75, 3.05) is 33.2 Å². The minimum atomic E-state index is 0.109. The first kappa shape index (κ1) is 14.5. The molecule has 104 valence electrons. The lowest BCUT2D eigenvalue weighted by Gasteiger charge is -2.22. The molecule has 0 atom stereocenters. The third-order valence-corrected chi connectivity index (χ3v) is 4.22. The number of hydrogen-bond donors (Lipinski definition) is 0. The predicted octanol–water partition coefficient (Wildman–Crippen LogP) is 2.93. The zero-order chi connectivity index (χ0) is 13.8. The lowest BCUT2D eigenvalue weighted by Crippen LogP contribution is -2.35. The number of carbonyl (C=O) groups excluding carboxylic acids is 1. The molecule has 0 bridgehead atoms. The van der Waals surface area contributed by atoms with Gasteiger partial charge in [0, 0.05) is 30.2 Å². The Morgan fingerprint density at radius 2 is 2.05 bits per heavy atom. The molecular formula is C15H21BrN2O. The van der Waals surface area contributed by atoms with Gasteiger partial charge in [0.1, 0.15) is 0 Å². The lowest BCUT2D eigenvalue weighted by atomic mass is 10.1. The van der Waals surface area contributed by atoms with Crippen LogP contribution in [0.15, 0.2) is 22.7 Å².